The Hall–Kier alpha value is -1.46. The van der Waals surface area contributed by atoms with Crippen LogP contribution in [0.1, 0.15) is 42.4 Å². The largest absolute Gasteiger partial charge is 0.347 e. The van der Waals surface area contributed by atoms with Gasteiger partial charge in [0, 0.05) is 36.9 Å². The summed E-state index contributed by atoms with van der Waals surface area (Å²) in [7, 11) is 2.08. The number of hydrogen-bond acceptors (Lipinski definition) is 5. The third-order valence-electron chi connectivity index (χ3n) is 3.94. The maximum absolute atomic E-state index is 6.33. The molecule has 21 heavy (non-hydrogen) atoms. The van der Waals surface area contributed by atoms with Crippen LogP contribution < -0.4 is 10.6 Å². The average Bonchev–Trinajstić information content (AvgIpc) is 2.82. The lowest BCUT2D eigenvalue weighted by molar-refractivity contribution is 0.282. The van der Waals surface area contributed by atoms with E-state index < -0.39 is 0 Å². The van der Waals surface area contributed by atoms with E-state index in [1.807, 2.05) is 12.3 Å². The van der Waals surface area contributed by atoms with Gasteiger partial charge in [0.1, 0.15) is 0 Å². The van der Waals surface area contributed by atoms with Gasteiger partial charge in [0.2, 0.25) is 0 Å². The Labute approximate surface area is 130 Å². The van der Waals surface area contributed by atoms with Crippen molar-refractivity contribution in [2.75, 3.05) is 11.9 Å². The second-order valence-corrected chi connectivity index (χ2v) is 7.69. The lowest BCUT2D eigenvalue weighted by Gasteiger charge is -2.32. The van der Waals surface area contributed by atoms with Crippen LogP contribution in [0.15, 0.2) is 24.5 Å². The van der Waals surface area contributed by atoms with Crippen LogP contribution in [0.5, 0.6) is 0 Å². The topological polar surface area (TPSA) is 55.0 Å². The molecule has 1 aliphatic carbocycles. The first-order chi connectivity index (χ1) is 9.94. The van der Waals surface area contributed by atoms with Crippen molar-refractivity contribution in [2.24, 2.45) is 11.1 Å². The number of nitrogens with two attached hydrogens (primary N) is 1. The van der Waals surface area contributed by atoms with Crippen molar-refractivity contribution in [3.63, 3.8) is 0 Å². The van der Waals surface area contributed by atoms with Gasteiger partial charge in [-0.1, -0.05) is 31.3 Å². The Morgan fingerprint density at radius 1 is 1.48 bits per heavy atom. The van der Waals surface area contributed by atoms with Gasteiger partial charge in [0.15, 0.2) is 5.13 Å². The first kappa shape index (κ1) is 14.5. The zero-order chi connectivity index (χ0) is 15.0. The quantitative estimate of drug-likeness (QED) is 0.946. The summed E-state index contributed by atoms with van der Waals surface area (Å²) in [4.78, 5) is 12.4. The van der Waals surface area contributed by atoms with Gasteiger partial charge in [-0.3, -0.25) is 4.98 Å². The van der Waals surface area contributed by atoms with Gasteiger partial charge in [-0.25, -0.2) is 4.98 Å². The van der Waals surface area contributed by atoms with E-state index >= 15 is 0 Å². The van der Waals surface area contributed by atoms with Crippen LogP contribution >= 0.6 is 11.3 Å². The molecule has 2 aromatic heterocycles. The van der Waals surface area contributed by atoms with E-state index in [0.717, 1.165) is 24.5 Å². The SMILES string of the molecule is CN(Cc1cccnc1)c1nc2c(s1)C(N)CC(C)(C)C2. The predicted molar refractivity (Wildman–Crippen MR) is 87.5 cm³/mol. The van der Waals surface area contributed by atoms with Gasteiger partial charge < -0.3 is 10.6 Å². The van der Waals surface area contributed by atoms with Crippen molar-refractivity contribution in [1.82, 2.24) is 9.97 Å². The van der Waals surface area contributed by atoms with Gasteiger partial charge in [-0.2, -0.15) is 0 Å². The van der Waals surface area contributed by atoms with Crippen molar-refractivity contribution in [3.8, 4) is 0 Å². The summed E-state index contributed by atoms with van der Waals surface area (Å²) in [6.07, 6.45) is 5.76. The number of hydrogen-bond donors (Lipinski definition) is 1. The van der Waals surface area contributed by atoms with Crippen LogP contribution in [-0.2, 0) is 13.0 Å². The highest BCUT2D eigenvalue weighted by Gasteiger charge is 2.33. The fraction of sp³-hybridized carbons (Fsp3) is 0.500. The van der Waals surface area contributed by atoms with Crippen molar-refractivity contribution in [2.45, 2.75) is 39.3 Å². The zero-order valence-electron chi connectivity index (χ0n) is 12.8. The van der Waals surface area contributed by atoms with Gasteiger partial charge >= 0.3 is 0 Å². The van der Waals surface area contributed by atoms with Crippen molar-refractivity contribution in [1.29, 1.82) is 0 Å². The summed E-state index contributed by atoms with van der Waals surface area (Å²) in [6, 6.07) is 4.18. The van der Waals surface area contributed by atoms with Crippen LogP contribution in [0.4, 0.5) is 5.13 Å². The highest BCUT2D eigenvalue weighted by Crippen LogP contribution is 2.43. The second-order valence-electron chi connectivity index (χ2n) is 6.68. The molecule has 2 heterocycles. The van der Waals surface area contributed by atoms with E-state index in [9.17, 15) is 0 Å². The van der Waals surface area contributed by atoms with Crippen molar-refractivity contribution >= 4 is 16.5 Å². The molecule has 1 aliphatic rings. The number of rotatable bonds is 3. The van der Waals surface area contributed by atoms with E-state index in [0.29, 0.717) is 0 Å². The van der Waals surface area contributed by atoms with Gasteiger partial charge in [-0.05, 0) is 29.9 Å². The highest BCUT2D eigenvalue weighted by molar-refractivity contribution is 7.15. The Balaban J connectivity index is 1.81. The van der Waals surface area contributed by atoms with Gasteiger partial charge in [0.25, 0.3) is 0 Å². The molecule has 0 spiro atoms. The molecule has 0 amide bonds. The first-order valence-corrected chi connectivity index (χ1v) is 8.11. The molecule has 0 saturated heterocycles. The van der Waals surface area contributed by atoms with Gasteiger partial charge in [-0.15, -0.1) is 0 Å². The Morgan fingerprint density at radius 3 is 3.00 bits per heavy atom. The minimum Gasteiger partial charge on any atom is -0.347 e. The fourth-order valence-corrected chi connectivity index (χ4v) is 4.02. The summed E-state index contributed by atoms with van der Waals surface area (Å²) < 4.78 is 0. The van der Waals surface area contributed by atoms with Crippen LogP contribution in [0.25, 0.3) is 0 Å². The Morgan fingerprint density at radius 2 is 2.29 bits per heavy atom. The van der Waals surface area contributed by atoms with E-state index in [2.05, 4.69) is 36.8 Å². The summed E-state index contributed by atoms with van der Waals surface area (Å²) >= 11 is 1.74. The predicted octanol–water partition coefficient (Wildman–Crippen LogP) is 3.15. The molecule has 0 radical (unpaired) electrons. The maximum Gasteiger partial charge on any atom is 0.185 e. The molecular formula is C16H22N4S. The standard InChI is InChI=1S/C16H22N4S/c1-16(2)7-12(17)14-13(8-16)19-15(21-14)20(3)10-11-5-4-6-18-9-11/h4-6,9,12H,7-8,10,17H2,1-3H3. The number of nitrogens with zero attached hydrogens (tertiary/aromatic N) is 3. The summed E-state index contributed by atoms with van der Waals surface area (Å²) in [5.74, 6) is 0. The van der Waals surface area contributed by atoms with Crippen molar-refractivity contribution in [3.05, 3.63) is 40.7 Å². The lowest BCUT2D eigenvalue weighted by Crippen LogP contribution is -2.28. The molecule has 0 fully saturated rings. The highest BCUT2D eigenvalue weighted by atomic mass is 32.1. The van der Waals surface area contributed by atoms with Crippen LogP contribution in [0, 0.1) is 5.41 Å². The molecule has 2 N–H and O–H groups in total. The molecule has 0 bridgehead atoms. The number of pyridine rings is 1. The summed E-state index contributed by atoms with van der Waals surface area (Å²) in [5.41, 5.74) is 8.96. The molecule has 0 aliphatic heterocycles. The molecule has 0 saturated carbocycles. The number of aromatic nitrogens is 2. The summed E-state index contributed by atoms with van der Waals surface area (Å²) in [5, 5.41) is 1.05. The number of fused-ring (bicyclic) bond motifs is 1. The molecule has 1 unspecified atom stereocenters. The number of anilines is 1. The first-order valence-electron chi connectivity index (χ1n) is 7.30. The molecule has 2 aromatic rings. The minimum atomic E-state index is 0.127. The number of thiazole rings is 1. The zero-order valence-corrected chi connectivity index (χ0v) is 13.7. The molecule has 1 atom stereocenters. The average molecular weight is 302 g/mol. The lowest BCUT2D eigenvalue weighted by atomic mass is 9.77. The second kappa shape index (κ2) is 5.39. The monoisotopic (exact) mass is 302 g/mol. The third kappa shape index (κ3) is 3.09. The van der Waals surface area contributed by atoms with Crippen LogP contribution in [0.2, 0.25) is 0 Å². The van der Waals surface area contributed by atoms with Crippen LogP contribution in [-0.4, -0.2) is 17.0 Å². The van der Waals surface area contributed by atoms with Crippen LogP contribution in [0.3, 0.4) is 0 Å². The molecule has 112 valence electrons. The molecular weight excluding hydrogens is 280 g/mol. The maximum atomic E-state index is 6.33. The molecule has 0 aromatic carbocycles. The van der Waals surface area contributed by atoms with E-state index in [1.54, 1.807) is 17.5 Å². The van der Waals surface area contributed by atoms with E-state index in [4.69, 9.17) is 10.7 Å². The van der Waals surface area contributed by atoms with E-state index in [-0.39, 0.29) is 11.5 Å². The Bertz CT molecular complexity index is 620. The smallest absolute Gasteiger partial charge is 0.185 e. The molecule has 4 nitrogen and oxygen atoms in total. The van der Waals surface area contributed by atoms with Gasteiger partial charge in [0.05, 0.1) is 5.69 Å². The molecule has 3 rings (SSSR count). The van der Waals surface area contributed by atoms with E-state index in [1.165, 1.54) is 16.1 Å². The normalized spacial score (nSPS) is 20.1. The summed E-state index contributed by atoms with van der Waals surface area (Å²) in [6.45, 7) is 5.36. The third-order valence-corrected chi connectivity index (χ3v) is 5.28. The minimum absolute atomic E-state index is 0.127. The Kier molecular flexibility index (Phi) is 3.71. The van der Waals surface area contributed by atoms with Crippen molar-refractivity contribution < 1.29 is 0 Å². The fourth-order valence-electron chi connectivity index (χ4n) is 2.98. The molecule has 5 heteroatoms.